The SMILES string of the molecule is CSC1CCC(Nc2nc(N)nc3nc[nH]c23)CC1. The number of H-pyrrole nitrogens is 1. The minimum absolute atomic E-state index is 0.264. The maximum Gasteiger partial charge on any atom is 0.224 e. The number of imidazole rings is 1. The molecule has 3 rings (SSSR count). The Bertz CT molecular complexity index is 560. The number of nitrogens with two attached hydrogens (primary N) is 1. The molecule has 0 spiro atoms. The number of thioether (sulfide) groups is 1. The molecule has 0 bridgehead atoms. The Morgan fingerprint density at radius 2 is 2.11 bits per heavy atom. The first-order chi connectivity index (χ1) is 9.26. The van der Waals surface area contributed by atoms with Crippen LogP contribution in [0.1, 0.15) is 25.7 Å². The third-order valence-electron chi connectivity index (χ3n) is 3.65. The van der Waals surface area contributed by atoms with Gasteiger partial charge in [-0.1, -0.05) is 0 Å². The molecule has 1 saturated carbocycles. The first-order valence-electron chi connectivity index (χ1n) is 6.52. The quantitative estimate of drug-likeness (QED) is 0.795. The molecule has 19 heavy (non-hydrogen) atoms. The van der Waals surface area contributed by atoms with E-state index in [1.807, 2.05) is 11.8 Å². The summed E-state index contributed by atoms with van der Waals surface area (Å²) in [6, 6.07) is 0.462. The van der Waals surface area contributed by atoms with Gasteiger partial charge in [0.25, 0.3) is 0 Å². The molecule has 2 heterocycles. The average molecular weight is 278 g/mol. The summed E-state index contributed by atoms with van der Waals surface area (Å²) >= 11 is 1.97. The van der Waals surface area contributed by atoms with Crippen molar-refractivity contribution >= 4 is 34.7 Å². The Balaban J connectivity index is 1.76. The highest BCUT2D eigenvalue weighted by Crippen LogP contribution is 2.29. The smallest absolute Gasteiger partial charge is 0.224 e. The van der Waals surface area contributed by atoms with Crippen molar-refractivity contribution in [2.75, 3.05) is 17.3 Å². The van der Waals surface area contributed by atoms with Gasteiger partial charge in [0, 0.05) is 11.3 Å². The van der Waals surface area contributed by atoms with Crippen molar-refractivity contribution in [2.24, 2.45) is 0 Å². The van der Waals surface area contributed by atoms with Gasteiger partial charge in [-0.2, -0.15) is 21.7 Å². The first kappa shape index (κ1) is 12.5. The summed E-state index contributed by atoms with van der Waals surface area (Å²) in [4.78, 5) is 15.6. The summed E-state index contributed by atoms with van der Waals surface area (Å²) in [6.07, 6.45) is 8.67. The molecule has 1 aliphatic rings. The molecule has 2 aromatic heterocycles. The first-order valence-corrected chi connectivity index (χ1v) is 7.81. The van der Waals surface area contributed by atoms with E-state index >= 15 is 0 Å². The predicted molar refractivity (Wildman–Crippen MR) is 79.3 cm³/mol. The third kappa shape index (κ3) is 2.60. The number of nitrogens with zero attached hydrogens (tertiary/aromatic N) is 3. The minimum atomic E-state index is 0.264. The van der Waals surface area contributed by atoms with Gasteiger partial charge in [0.2, 0.25) is 5.95 Å². The zero-order valence-corrected chi connectivity index (χ0v) is 11.7. The number of nitrogens with one attached hydrogen (secondary N) is 2. The number of aromatic amines is 1. The number of aromatic nitrogens is 4. The van der Waals surface area contributed by atoms with Crippen molar-refractivity contribution in [3.63, 3.8) is 0 Å². The normalized spacial score (nSPS) is 23.6. The molecule has 7 heteroatoms. The van der Waals surface area contributed by atoms with Gasteiger partial charge in [0.05, 0.1) is 6.33 Å². The molecular weight excluding hydrogens is 260 g/mol. The van der Waals surface area contributed by atoms with Gasteiger partial charge in [0.1, 0.15) is 5.52 Å². The molecule has 4 N–H and O–H groups in total. The minimum Gasteiger partial charge on any atom is -0.368 e. The second-order valence-electron chi connectivity index (χ2n) is 4.89. The second kappa shape index (κ2) is 5.24. The van der Waals surface area contributed by atoms with Crippen LogP contribution in [0.15, 0.2) is 6.33 Å². The number of rotatable bonds is 3. The van der Waals surface area contributed by atoms with Crippen LogP contribution in [-0.4, -0.2) is 37.5 Å². The van der Waals surface area contributed by atoms with E-state index < -0.39 is 0 Å². The standard InChI is InChI=1S/C12H18N6S/c1-19-8-4-2-7(3-5-8)16-11-9-10(15-6-14-9)17-12(13)18-11/h6-8H,2-5H2,1H3,(H4,13,14,15,16,17,18). The highest BCUT2D eigenvalue weighted by Gasteiger charge is 2.21. The Morgan fingerprint density at radius 1 is 1.32 bits per heavy atom. The molecular formula is C12H18N6S. The van der Waals surface area contributed by atoms with Gasteiger partial charge >= 0.3 is 0 Å². The zero-order chi connectivity index (χ0) is 13.2. The van der Waals surface area contributed by atoms with E-state index in [0.29, 0.717) is 11.7 Å². The summed E-state index contributed by atoms with van der Waals surface area (Å²) in [5.41, 5.74) is 7.17. The van der Waals surface area contributed by atoms with Crippen LogP contribution in [0.25, 0.3) is 11.2 Å². The van der Waals surface area contributed by atoms with E-state index in [9.17, 15) is 0 Å². The topological polar surface area (TPSA) is 92.5 Å². The van der Waals surface area contributed by atoms with Crippen LogP contribution in [0.5, 0.6) is 0 Å². The van der Waals surface area contributed by atoms with Gasteiger partial charge in [-0.05, 0) is 31.9 Å². The lowest BCUT2D eigenvalue weighted by Crippen LogP contribution is -2.27. The fourth-order valence-electron chi connectivity index (χ4n) is 2.59. The van der Waals surface area contributed by atoms with Gasteiger partial charge in [-0.25, -0.2) is 4.98 Å². The number of fused-ring (bicyclic) bond motifs is 1. The molecule has 0 aromatic carbocycles. The highest BCUT2D eigenvalue weighted by molar-refractivity contribution is 7.99. The van der Waals surface area contributed by atoms with Crippen molar-refractivity contribution in [2.45, 2.75) is 37.0 Å². The fraction of sp³-hybridized carbons (Fsp3) is 0.583. The van der Waals surface area contributed by atoms with Crippen molar-refractivity contribution in [3.05, 3.63) is 6.33 Å². The van der Waals surface area contributed by atoms with E-state index in [1.54, 1.807) is 6.33 Å². The van der Waals surface area contributed by atoms with Crippen molar-refractivity contribution in [3.8, 4) is 0 Å². The molecule has 2 aromatic rings. The van der Waals surface area contributed by atoms with E-state index in [1.165, 1.54) is 25.7 Å². The molecule has 1 fully saturated rings. The molecule has 0 aliphatic heterocycles. The maximum atomic E-state index is 5.71. The molecule has 0 atom stereocenters. The van der Waals surface area contributed by atoms with E-state index in [-0.39, 0.29) is 5.95 Å². The lowest BCUT2D eigenvalue weighted by atomic mass is 9.95. The highest BCUT2D eigenvalue weighted by atomic mass is 32.2. The van der Waals surface area contributed by atoms with Crippen LogP contribution in [0.4, 0.5) is 11.8 Å². The zero-order valence-electron chi connectivity index (χ0n) is 10.9. The van der Waals surface area contributed by atoms with Gasteiger partial charge in [-0.3, -0.25) is 0 Å². The Hall–Kier alpha value is -1.50. The largest absolute Gasteiger partial charge is 0.368 e. The fourth-order valence-corrected chi connectivity index (χ4v) is 3.33. The Morgan fingerprint density at radius 3 is 2.84 bits per heavy atom. The van der Waals surface area contributed by atoms with E-state index in [0.717, 1.165) is 16.6 Å². The van der Waals surface area contributed by atoms with Crippen LogP contribution in [0.2, 0.25) is 0 Å². The summed E-state index contributed by atoms with van der Waals surface area (Å²) in [7, 11) is 0. The summed E-state index contributed by atoms with van der Waals surface area (Å²) in [6.45, 7) is 0. The molecule has 0 unspecified atom stereocenters. The van der Waals surface area contributed by atoms with E-state index in [4.69, 9.17) is 5.73 Å². The number of anilines is 2. The summed E-state index contributed by atoms with van der Waals surface area (Å²) in [5.74, 6) is 1.03. The van der Waals surface area contributed by atoms with Crippen LogP contribution in [-0.2, 0) is 0 Å². The number of nitrogen functional groups attached to an aromatic ring is 1. The number of hydrogen-bond donors (Lipinski definition) is 3. The average Bonchev–Trinajstić information content (AvgIpc) is 2.88. The monoisotopic (exact) mass is 278 g/mol. The molecule has 0 saturated heterocycles. The van der Waals surface area contributed by atoms with Crippen LogP contribution >= 0.6 is 11.8 Å². The molecule has 0 amide bonds. The third-order valence-corrected chi connectivity index (χ3v) is 4.79. The van der Waals surface area contributed by atoms with Crippen LogP contribution in [0, 0.1) is 0 Å². The van der Waals surface area contributed by atoms with Crippen molar-refractivity contribution in [1.82, 2.24) is 19.9 Å². The maximum absolute atomic E-state index is 5.71. The van der Waals surface area contributed by atoms with Gasteiger partial charge in [0.15, 0.2) is 11.5 Å². The van der Waals surface area contributed by atoms with E-state index in [2.05, 4.69) is 31.5 Å². The Labute approximate surface area is 116 Å². The van der Waals surface area contributed by atoms with Gasteiger partial charge in [-0.15, -0.1) is 0 Å². The molecule has 102 valence electrons. The van der Waals surface area contributed by atoms with Crippen LogP contribution < -0.4 is 11.1 Å². The lowest BCUT2D eigenvalue weighted by Gasteiger charge is -2.28. The molecule has 0 radical (unpaired) electrons. The number of hydrogen-bond acceptors (Lipinski definition) is 6. The summed E-state index contributed by atoms with van der Waals surface area (Å²) in [5, 5.41) is 4.29. The lowest BCUT2D eigenvalue weighted by molar-refractivity contribution is 0.472. The summed E-state index contributed by atoms with van der Waals surface area (Å²) < 4.78 is 0. The predicted octanol–water partition coefficient (Wildman–Crippen LogP) is 2.02. The van der Waals surface area contributed by atoms with Crippen molar-refractivity contribution < 1.29 is 0 Å². The molecule has 1 aliphatic carbocycles. The Kier molecular flexibility index (Phi) is 3.46. The van der Waals surface area contributed by atoms with Gasteiger partial charge < -0.3 is 16.0 Å². The van der Waals surface area contributed by atoms with Crippen molar-refractivity contribution in [1.29, 1.82) is 0 Å². The van der Waals surface area contributed by atoms with Crippen LogP contribution in [0.3, 0.4) is 0 Å². The molecule has 6 nitrogen and oxygen atoms in total. The second-order valence-corrected chi connectivity index (χ2v) is 6.02.